The normalized spacial score (nSPS) is 13.3. The third-order valence-corrected chi connectivity index (χ3v) is 5.87. The molecule has 3 aromatic rings. The molecule has 1 fully saturated rings. The van der Waals surface area contributed by atoms with Gasteiger partial charge in [-0.3, -0.25) is 9.59 Å². The van der Waals surface area contributed by atoms with Gasteiger partial charge in [0.15, 0.2) is 0 Å². The Kier molecular flexibility index (Phi) is 13.2. The van der Waals surface area contributed by atoms with Crippen LogP contribution in [0.2, 0.25) is 0 Å². The Morgan fingerprint density at radius 1 is 0.946 bits per heavy atom. The van der Waals surface area contributed by atoms with Crippen LogP contribution in [0.15, 0.2) is 78.9 Å². The molecule has 37 heavy (non-hydrogen) atoms. The van der Waals surface area contributed by atoms with Crippen molar-refractivity contribution in [2.45, 2.75) is 45.6 Å². The van der Waals surface area contributed by atoms with Crippen LogP contribution in [-0.2, 0) is 16.0 Å². The van der Waals surface area contributed by atoms with E-state index in [9.17, 15) is 9.59 Å². The van der Waals surface area contributed by atoms with Crippen molar-refractivity contribution in [3.63, 3.8) is 0 Å². The van der Waals surface area contributed by atoms with E-state index in [1.807, 2.05) is 85.5 Å². The van der Waals surface area contributed by atoms with Gasteiger partial charge in [-0.15, -0.1) is 11.6 Å². The van der Waals surface area contributed by atoms with Gasteiger partial charge in [0.2, 0.25) is 5.91 Å². The van der Waals surface area contributed by atoms with Crippen molar-refractivity contribution < 1.29 is 15.3 Å². The largest absolute Gasteiger partial charge is 0.370 e. The minimum absolute atomic E-state index is 0.148. The summed E-state index contributed by atoms with van der Waals surface area (Å²) in [5.41, 5.74) is 8.46. The smallest absolute Gasteiger partial charge is 0.251 e. The Hall–Kier alpha value is -3.35. The maximum atomic E-state index is 13.3. The first-order valence-electron chi connectivity index (χ1n) is 12.9. The molecule has 1 heterocycles. The van der Waals surface area contributed by atoms with E-state index in [-0.39, 0.29) is 11.8 Å². The van der Waals surface area contributed by atoms with Crippen LogP contribution in [0.1, 0.15) is 50.3 Å². The second kappa shape index (κ2) is 16.4. The summed E-state index contributed by atoms with van der Waals surface area (Å²) in [7, 11) is 0. The molecule has 0 saturated carbocycles. The van der Waals surface area contributed by atoms with Crippen LogP contribution in [0.4, 0.5) is 17.1 Å². The SMILES string of the molecule is CC.CCl.[NH3+]CCc1cccc(N[C@H](C(=O)Nc2ccc(N3CCCCC3=O)cc2)c2ccccc2)c1. The fourth-order valence-corrected chi connectivity index (χ4v) is 4.15. The molecule has 198 valence electrons. The fraction of sp³-hybridized carbons (Fsp3) is 0.333. The lowest BCUT2D eigenvalue weighted by Crippen LogP contribution is -2.51. The number of rotatable bonds is 8. The van der Waals surface area contributed by atoms with E-state index in [4.69, 9.17) is 0 Å². The highest BCUT2D eigenvalue weighted by atomic mass is 35.5. The van der Waals surface area contributed by atoms with E-state index in [0.29, 0.717) is 12.1 Å². The molecule has 1 aliphatic rings. The molecule has 2 amide bonds. The number of halogens is 1. The lowest BCUT2D eigenvalue weighted by Gasteiger charge is -2.27. The number of nitrogens with zero attached hydrogens (tertiary/aromatic N) is 1. The van der Waals surface area contributed by atoms with Gasteiger partial charge in [-0.2, -0.15) is 0 Å². The molecule has 0 unspecified atom stereocenters. The Balaban J connectivity index is 0.00000115. The highest BCUT2D eigenvalue weighted by Crippen LogP contribution is 2.25. The van der Waals surface area contributed by atoms with Crippen molar-refractivity contribution >= 4 is 40.5 Å². The summed E-state index contributed by atoms with van der Waals surface area (Å²) in [5, 5.41) is 6.42. The van der Waals surface area contributed by atoms with Gasteiger partial charge in [-0.25, -0.2) is 0 Å². The van der Waals surface area contributed by atoms with Crippen LogP contribution >= 0.6 is 11.6 Å². The number of hydrogen-bond acceptors (Lipinski definition) is 3. The number of piperidine rings is 1. The third kappa shape index (κ3) is 8.92. The first-order valence-corrected chi connectivity index (χ1v) is 13.7. The third-order valence-electron chi connectivity index (χ3n) is 5.87. The van der Waals surface area contributed by atoms with Gasteiger partial charge in [0.05, 0.1) is 6.54 Å². The molecule has 0 bridgehead atoms. The summed E-state index contributed by atoms with van der Waals surface area (Å²) >= 11 is 4.64. The zero-order valence-electron chi connectivity index (χ0n) is 22.2. The fourth-order valence-electron chi connectivity index (χ4n) is 4.15. The van der Waals surface area contributed by atoms with E-state index in [1.54, 1.807) is 0 Å². The van der Waals surface area contributed by atoms with E-state index in [0.717, 1.165) is 49.3 Å². The van der Waals surface area contributed by atoms with Gasteiger partial charge in [0, 0.05) is 42.8 Å². The molecule has 6 nitrogen and oxygen atoms in total. The Morgan fingerprint density at radius 2 is 1.65 bits per heavy atom. The quantitative estimate of drug-likeness (QED) is 0.333. The highest BCUT2D eigenvalue weighted by Gasteiger charge is 2.22. The maximum Gasteiger partial charge on any atom is 0.251 e. The second-order valence-electron chi connectivity index (χ2n) is 8.33. The monoisotopic (exact) mass is 523 g/mol. The maximum absolute atomic E-state index is 13.3. The van der Waals surface area contributed by atoms with Crippen LogP contribution in [0, 0.1) is 0 Å². The number of amides is 2. The minimum atomic E-state index is -0.551. The Labute approximate surface area is 226 Å². The second-order valence-corrected chi connectivity index (χ2v) is 8.33. The number of nitrogens with one attached hydrogen (secondary N) is 2. The van der Waals surface area contributed by atoms with Crippen molar-refractivity contribution in [3.05, 3.63) is 90.0 Å². The molecule has 5 N–H and O–H groups in total. The van der Waals surface area contributed by atoms with E-state index < -0.39 is 6.04 Å². The van der Waals surface area contributed by atoms with Crippen LogP contribution in [-0.4, -0.2) is 31.3 Å². The summed E-state index contributed by atoms with van der Waals surface area (Å²) < 4.78 is 0. The van der Waals surface area contributed by atoms with E-state index in [2.05, 4.69) is 40.1 Å². The molecule has 1 saturated heterocycles. The highest BCUT2D eigenvalue weighted by molar-refractivity contribution is 6.15. The van der Waals surface area contributed by atoms with Crippen molar-refractivity contribution in [2.24, 2.45) is 0 Å². The molecule has 0 radical (unpaired) electrons. The van der Waals surface area contributed by atoms with Crippen molar-refractivity contribution in [1.82, 2.24) is 0 Å². The van der Waals surface area contributed by atoms with Crippen molar-refractivity contribution in [2.75, 3.05) is 35.0 Å². The molecule has 1 atom stereocenters. The lowest BCUT2D eigenvalue weighted by molar-refractivity contribution is -0.366. The number of carbonyl (C=O) groups is 2. The zero-order chi connectivity index (χ0) is 27.0. The first kappa shape index (κ1) is 29.9. The van der Waals surface area contributed by atoms with Crippen LogP contribution in [0.5, 0.6) is 0 Å². The molecule has 1 aliphatic heterocycles. The molecule has 4 rings (SSSR count). The predicted octanol–water partition coefficient (Wildman–Crippen LogP) is 5.66. The number of anilines is 3. The van der Waals surface area contributed by atoms with Crippen molar-refractivity contribution in [3.8, 4) is 0 Å². The average molecular weight is 524 g/mol. The summed E-state index contributed by atoms with van der Waals surface area (Å²) in [4.78, 5) is 27.3. The van der Waals surface area contributed by atoms with Crippen LogP contribution in [0.25, 0.3) is 0 Å². The van der Waals surface area contributed by atoms with Gasteiger partial charge in [-0.05, 0) is 60.4 Å². The molecule has 0 aromatic heterocycles. The number of alkyl halides is 1. The Bertz CT molecular complexity index is 1090. The van der Waals surface area contributed by atoms with Gasteiger partial charge < -0.3 is 21.3 Å². The molecule has 3 aromatic carbocycles. The van der Waals surface area contributed by atoms with Crippen LogP contribution < -0.4 is 21.3 Å². The van der Waals surface area contributed by atoms with Gasteiger partial charge >= 0.3 is 0 Å². The number of carbonyl (C=O) groups excluding carboxylic acids is 2. The summed E-state index contributed by atoms with van der Waals surface area (Å²) in [5.74, 6) is 0.0121. The minimum Gasteiger partial charge on any atom is -0.370 e. The number of benzene rings is 3. The van der Waals surface area contributed by atoms with Gasteiger partial charge in [0.1, 0.15) is 6.04 Å². The topological polar surface area (TPSA) is 89.1 Å². The summed E-state index contributed by atoms with van der Waals surface area (Å²) in [6.07, 6.45) is 4.93. The molecule has 7 heteroatoms. The predicted molar refractivity (Wildman–Crippen MR) is 155 cm³/mol. The van der Waals surface area contributed by atoms with Crippen molar-refractivity contribution in [1.29, 1.82) is 0 Å². The summed E-state index contributed by atoms with van der Waals surface area (Å²) in [6.45, 7) is 5.57. The summed E-state index contributed by atoms with van der Waals surface area (Å²) in [6, 6.07) is 24.7. The van der Waals surface area contributed by atoms with E-state index in [1.165, 1.54) is 11.9 Å². The van der Waals surface area contributed by atoms with Gasteiger partial charge in [-0.1, -0.05) is 56.3 Å². The molecule has 0 aliphatic carbocycles. The average Bonchev–Trinajstić information content (AvgIpc) is 2.95. The number of hydrogen-bond donors (Lipinski definition) is 3. The van der Waals surface area contributed by atoms with Gasteiger partial charge in [0.25, 0.3) is 5.91 Å². The first-order chi connectivity index (χ1) is 18.1. The molecular weight excluding hydrogens is 484 g/mol. The standard InChI is InChI=1S/C27H30N4O2.C2H6.CH3Cl/c28-17-16-20-7-6-10-23(19-20)29-26(21-8-2-1-3-9-21)27(33)30-22-12-14-24(15-13-22)31-18-5-4-11-25(31)32;2*1-2/h1-3,6-10,12-15,19,26,29H,4-5,11,16-18,28H2,(H,30,33);1-2H3;1H3/p+1/t26-;;/m0../s1. The number of quaternary nitrogens is 1. The van der Waals surface area contributed by atoms with Crippen LogP contribution in [0.3, 0.4) is 0 Å². The lowest BCUT2D eigenvalue weighted by atomic mass is 10.0. The molecular formula is C30H40ClN4O2+. The zero-order valence-corrected chi connectivity index (χ0v) is 22.9. The Morgan fingerprint density at radius 3 is 2.30 bits per heavy atom. The molecule has 0 spiro atoms. The van der Waals surface area contributed by atoms with E-state index >= 15 is 0 Å².